The minimum Gasteiger partial charge on any atom is -0.481 e. The van der Waals surface area contributed by atoms with Crippen LogP contribution in [0.15, 0.2) is 21.1 Å². The van der Waals surface area contributed by atoms with Crippen LogP contribution in [0.3, 0.4) is 0 Å². The summed E-state index contributed by atoms with van der Waals surface area (Å²) in [5, 5.41) is 10.5. The van der Waals surface area contributed by atoms with Crippen LogP contribution in [0.25, 0.3) is 10.9 Å². The number of carboxylic acids is 1. The van der Waals surface area contributed by atoms with E-state index in [1.54, 1.807) is 0 Å². The van der Waals surface area contributed by atoms with Gasteiger partial charge in [0.1, 0.15) is 5.60 Å². The van der Waals surface area contributed by atoms with Crippen LogP contribution in [0, 0.1) is 0 Å². The quantitative estimate of drug-likeness (QED) is 0.736. The van der Waals surface area contributed by atoms with E-state index in [9.17, 15) is 9.90 Å². The average Bonchev–Trinajstić information content (AvgIpc) is 2.85. The molecule has 1 aliphatic rings. The molecule has 2 N–H and O–H groups in total. The number of aliphatic carboxylic acids is 1. The van der Waals surface area contributed by atoms with Crippen LogP contribution in [0.1, 0.15) is 37.4 Å². The lowest BCUT2D eigenvalue weighted by Gasteiger charge is -2.36. The fourth-order valence-corrected chi connectivity index (χ4v) is 4.43. The molecule has 3 rings (SSSR count). The SMILES string of the molecule is CCCC1(CC(=O)O)OCCc2c1[nH]c1c(Br)ccc(Br)c21. The van der Waals surface area contributed by atoms with Crippen molar-refractivity contribution in [3.05, 3.63) is 32.3 Å². The van der Waals surface area contributed by atoms with Crippen molar-refractivity contribution in [1.29, 1.82) is 0 Å². The Morgan fingerprint density at radius 3 is 2.82 bits per heavy atom. The number of hydrogen-bond acceptors (Lipinski definition) is 2. The van der Waals surface area contributed by atoms with Gasteiger partial charge in [-0.3, -0.25) is 4.79 Å². The molecule has 0 fully saturated rings. The number of H-pyrrole nitrogens is 1. The van der Waals surface area contributed by atoms with Gasteiger partial charge in [0.2, 0.25) is 0 Å². The summed E-state index contributed by atoms with van der Waals surface area (Å²) < 4.78 is 8.00. The molecule has 0 radical (unpaired) electrons. The summed E-state index contributed by atoms with van der Waals surface area (Å²) in [6.07, 6.45) is 2.32. The van der Waals surface area contributed by atoms with E-state index in [0.717, 1.165) is 38.4 Å². The Hall–Kier alpha value is -0.850. The Labute approximate surface area is 145 Å². The number of fused-ring (bicyclic) bond motifs is 3. The summed E-state index contributed by atoms with van der Waals surface area (Å²) in [6.45, 7) is 2.60. The van der Waals surface area contributed by atoms with Gasteiger partial charge in [-0.2, -0.15) is 0 Å². The van der Waals surface area contributed by atoms with Gasteiger partial charge < -0.3 is 14.8 Å². The van der Waals surface area contributed by atoms with Crippen molar-refractivity contribution in [1.82, 2.24) is 4.98 Å². The Bertz CT molecular complexity index is 741. The van der Waals surface area contributed by atoms with Crippen LogP contribution in [-0.2, 0) is 21.6 Å². The molecule has 0 saturated carbocycles. The zero-order valence-electron chi connectivity index (χ0n) is 12.2. The summed E-state index contributed by atoms with van der Waals surface area (Å²) in [5.41, 5.74) is 2.33. The first-order valence-electron chi connectivity index (χ1n) is 7.33. The minimum atomic E-state index is -0.835. The smallest absolute Gasteiger partial charge is 0.306 e. The van der Waals surface area contributed by atoms with Gasteiger partial charge in [-0.1, -0.05) is 29.3 Å². The van der Waals surface area contributed by atoms with E-state index in [4.69, 9.17) is 4.74 Å². The number of ether oxygens (including phenoxy) is 1. The van der Waals surface area contributed by atoms with Crippen LogP contribution in [-0.4, -0.2) is 22.7 Å². The number of carboxylic acid groups (broad SMARTS) is 1. The Balaban J connectivity index is 2.27. The van der Waals surface area contributed by atoms with E-state index in [2.05, 4.69) is 43.8 Å². The Morgan fingerprint density at radius 2 is 2.14 bits per heavy atom. The average molecular weight is 431 g/mol. The first-order valence-corrected chi connectivity index (χ1v) is 8.92. The molecule has 1 aromatic carbocycles. The molecule has 1 aliphatic heterocycles. The summed E-state index contributed by atoms with van der Waals surface area (Å²) >= 11 is 7.19. The molecule has 1 unspecified atom stereocenters. The van der Waals surface area contributed by atoms with Crippen molar-refractivity contribution in [3.8, 4) is 0 Å². The van der Waals surface area contributed by atoms with Gasteiger partial charge in [-0.15, -0.1) is 0 Å². The van der Waals surface area contributed by atoms with Crippen molar-refractivity contribution < 1.29 is 14.6 Å². The van der Waals surface area contributed by atoms with Crippen molar-refractivity contribution in [2.75, 3.05) is 6.61 Å². The summed E-state index contributed by atoms with van der Waals surface area (Å²) in [6, 6.07) is 3.99. The number of benzene rings is 1. The van der Waals surface area contributed by atoms with Crippen LogP contribution >= 0.6 is 31.9 Å². The minimum absolute atomic E-state index is 0.0180. The predicted molar refractivity (Wildman–Crippen MR) is 92.2 cm³/mol. The van der Waals surface area contributed by atoms with Crippen LogP contribution in [0.2, 0.25) is 0 Å². The molecule has 0 amide bonds. The topological polar surface area (TPSA) is 62.3 Å². The van der Waals surface area contributed by atoms with Gasteiger partial charge in [0.15, 0.2) is 0 Å². The van der Waals surface area contributed by atoms with E-state index >= 15 is 0 Å². The molecular formula is C16H17Br2NO3. The Kier molecular flexibility index (Phi) is 4.36. The summed E-state index contributed by atoms with van der Waals surface area (Å²) in [7, 11) is 0. The van der Waals surface area contributed by atoms with Gasteiger partial charge >= 0.3 is 5.97 Å². The first-order chi connectivity index (χ1) is 10.5. The van der Waals surface area contributed by atoms with Crippen LogP contribution in [0.5, 0.6) is 0 Å². The molecule has 0 spiro atoms. The lowest BCUT2D eigenvalue weighted by Crippen LogP contribution is -2.37. The van der Waals surface area contributed by atoms with E-state index in [0.29, 0.717) is 13.0 Å². The summed E-state index contributed by atoms with van der Waals surface area (Å²) in [4.78, 5) is 14.8. The fraction of sp³-hybridized carbons (Fsp3) is 0.438. The zero-order chi connectivity index (χ0) is 15.9. The number of hydrogen-bond donors (Lipinski definition) is 2. The fourth-order valence-electron chi connectivity index (χ4n) is 3.43. The zero-order valence-corrected chi connectivity index (χ0v) is 15.4. The van der Waals surface area contributed by atoms with Crippen molar-refractivity contribution in [2.24, 2.45) is 0 Å². The maximum atomic E-state index is 11.4. The Morgan fingerprint density at radius 1 is 1.41 bits per heavy atom. The second kappa shape index (κ2) is 5.98. The number of aromatic nitrogens is 1. The third kappa shape index (κ3) is 2.51. The predicted octanol–water partition coefficient (Wildman–Crippen LogP) is 4.74. The number of aromatic amines is 1. The molecule has 2 aromatic rings. The van der Waals surface area contributed by atoms with Gasteiger partial charge in [0.25, 0.3) is 0 Å². The second-order valence-electron chi connectivity index (χ2n) is 5.67. The highest BCUT2D eigenvalue weighted by Gasteiger charge is 2.41. The number of rotatable bonds is 4. The molecule has 6 heteroatoms. The highest BCUT2D eigenvalue weighted by atomic mass is 79.9. The number of nitrogens with one attached hydrogen (secondary N) is 1. The molecule has 0 aliphatic carbocycles. The maximum Gasteiger partial charge on any atom is 0.306 e. The van der Waals surface area contributed by atoms with Crippen molar-refractivity contribution in [3.63, 3.8) is 0 Å². The molecule has 2 heterocycles. The molecule has 1 aromatic heterocycles. The normalized spacial score (nSPS) is 21.0. The largest absolute Gasteiger partial charge is 0.481 e. The lowest BCUT2D eigenvalue weighted by atomic mass is 9.85. The van der Waals surface area contributed by atoms with E-state index in [1.165, 1.54) is 5.56 Å². The maximum absolute atomic E-state index is 11.4. The summed E-state index contributed by atoms with van der Waals surface area (Å²) in [5.74, 6) is -0.835. The molecule has 118 valence electrons. The van der Waals surface area contributed by atoms with E-state index < -0.39 is 11.6 Å². The standard InChI is InChI=1S/C16H17Br2NO3/c1-2-6-16(8-12(20)21)15-9(5-7-22-16)13-10(17)3-4-11(18)14(13)19-15/h3-4,19H,2,5-8H2,1H3,(H,20,21). The lowest BCUT2D eigenvalue weighted by molar-refractivity contribution is -0.149. The van der Waals surface area contributed by atoms with Crippen LogP contribution in [0.4, 0.5) is 0 Å². The third-order valence-corrected chi connectivity index (χ3v) is 5.56. The van der Waals surface area contributed by atoms with Crippen LogP contribution < -0.4 is 0 Å². The second-order valence-corrected chi connectivity index (χ2v) is 7.38. The van der Waals surface area contributed by atoms with Gasteiger partial charge in [-0.05, 0) is 46.5 Å². The third-order valence-electron chi connectivity index (χ3n) is 4.23. The molecular weight excluding hydrogens is 414 g/mol. The highest BCUT2D eigenvalue weighted by molar-refractivity contribution is 9.11. The van der Waals surface area contributed by atoms with E-state index in [-0.39, 0.29) is 6.42 Å². The van der Waals surface area contributed by atoms with Crippen molar-refractivity contribution in [2.45, 2.75) is 38.2 Å². The van der Waals surface area contributed by atoms with Gasteiger partial charge in [0.05, 0.1) is 24.2 Å². The molecule has 1 atom stereocenters. The van der Waals surface area contributed by atoms with E-state index in [1.807, 2.05) is 12.1 Å². The van der Waals surface area contributed by atoms with Crippen molar-refractivity contribution >= 4 is 48.7 Å². The first kappa shape index (κ1) is 16.0. The molecule has 22 heavy (non-hydrogen) atoms. The van der Waals surface area contributed by atoms with Gasteiger partial charge in [0, 0.05) is 14.3 Å². The highest BCUT2D eigenvalue weighted by Crippen LogP contribution is 2.45. The monoisotopic (exact) mass is 429 g/mol. The molecule has 4 nitrogen and oxygen atoms in total. The number of carbonyl (C=O) groups is 1. The number of halogens is 2. The van der Waals surface area contributed by atoms with Gasteiger partial charge in [-0.25, -0.2) is 0 Å². The molecule has 0 bridgehead atoms. The molecule has 0 saturated heterocycles.